The highest BCUT2D eigenvalue weighted by molar-refractivity contribution is 5.14. The summed E-state index contributed by atoms with van der Waals surface area (Å²) < 4.78 is 46.3. The van der Waals surface area contributed by atoms with E-state index in [1.165, 1.54) is 0 Å². The molecule has 2 aromatic carbocycles. The lowest BCUT2D eigenvalue weighted by Crippen LogP contribution is -2.59. The van der Waals surface area contributed by atoms with Crippen molar-refractivity contribution in [1.82, 2.24) is 0 Å². The molecule has 6 rings (SSSR count). The van der Waals surface area contributed by atoms with Crippen LogP contribution in [0.2, 0.25) is 0 Å². The summed E-state index contributed by atoms with van der Waals surface area (Å²) in [6.07, 6.45) is -7.55. The average Bonchev–Trinajstić information content (AvgIpc) is 3.63. The number of fused-ring (bicyclic) bond motifs is 1. The van der Waals surface area contributed by atoms with Gasteiger partial charge in [-0.25, -0.2) is 0 Å². The molecule has 0 bridgehead atoms. The van der Waals surface area contributed by atoms with E-state index in [4.69, 9.17) is 43.0 Å². The van der Waals surface area contributed by atoms with Crippen LogP contribution in [0, 0.1) is 0 Å². The Morgan fingerprint density at radius 3 is 1.84 bits per heavy atom. The second-order valence-electron chi connectivity index (χ2n) is 12.2. The highest BCUT2D eigenvalue weighted by atomic mass is 16.8. The number of aliphatic hydroxyl groups is 4. The monoisotopic (exact) mass is 620 g/mol. The van der Waals surface area contributed by atoms with Crippen LogP contribution in [0.1, 0.15) is 38.8 Å². The molecule has 44 heavy (non-hydrogen) atoms. The van der Waals surface area contributed by atoms with Crippen molar-refractivity contribution in [2.45, 2.75) is 114 Å². The molecule has 0 amide bonds. The van der Waals surface area contributed by atoms with E-state index in [-0.39, 0.29) is 31.0 Å². The van der Waals surface area contributed by atoms with Crippen molar-refractivity contribution >= 4 is 0 Å². The van der Waals surface area contributed by atoms with Gasteiger partial charge in [0.05, 0.1) is 26.4 Å². The van der Waals surface area contributed by atoms with Crippen molar-refractivity contribution in [3.05, 3.63) is 71.8 Å². The number of ether oxygens (including phenoxy) is 8. The van der Waals surface area contributed by atoms with E-state index in [9.17, 15) is 15.3 Å². The normalized spacial score (nSPS) is 37.3. The number of benzene rings is 2. The van der Waals surface area contributed by atoms with E-state index in [0.717, 1.165) is 11.1 Å². The predicted molar refractivity (Wildman–Crippen MR) is 154 cm³/mol. The molecule has 4 saturated heterocycles. The topological polar surface area (TPSA) is 155 Å². The third-order valence-corrected chi connectivity index (χ3v) is 7.83. The van der Waals surface area contributed by atoms with Gasteiger partial charge in [0.15, 0.2) is 24.2 Å². The van der Waals surface area contributed by atoms with Gasteiger partial charge in [0, 0.05) is 0 Å². The zero-order chi connectivity index (χ0) is 31.5. The Balaban J connectivity index is 0.000000182. The van der Waals surface area contributed by atoms with E-state index in [0.29, 0.717) is 13.2 Å². The number of aliphatic hydroxyl groups excluding tert-OH is 4. The minimum atomic E-state index is -1.48. The minimum Gasteiger partial charge on any atom is -0.394 e. The van der Waals surface area contributed by atoms with Gasteiger partial charge in [-0.1, -0.05) is 60.7 Å². The van der Waals surface area contributed by atoms with E-state index in [2.05, 4.69) is 0 Å². The molecule has 10 unspecified atom stereocenters. The molecule has 12 nitrogen and oxygen atoms in total. The first-order valence-electron chi connectivity index (χ1n) is 14.9. The van der Waals surface area contributed by atoms with Crippen LogP contribution in [-0.2, 0) is 51.1 Å². The quantitative estimate of drug-likeness (QED) is 0.339. The van der Waals surface area contributed by atoms with Crippen LogP contribution in [0.15, 0.2) is 60.7 Å². The molecule has 0 aliphatic carbocycles. The molecule has 4 fully saturated rings. The second-order valence-corrected chi connectivity index (χ2v) is 12.2. The lowest BCUT2D eigenvalue weighted by Gasteiger charge is -2.39. The van der Waals surface area contributed by atoms with Crippen LogP contribution in [-0.4, -0.2) is 107 Å². The van der Waals surface area contributed by atoms with Gasteiger partial charge in [-0.3, -0.25) is 0 Å². The molecule has 0 saturated carbocycles. The Bertz CT molecular complexity index is 1160. The molecule has 4 heterocycles. The molecule has 4 N–H and O–H groups in total. The van der Waals surface area contributed by atoms with E-state index in [1.807, 2.05) is 88.4 Å². The van der Waals surface area contributed by atoms with Crippen molar-refractivity contribution < 1.29 is 58.3 Å². The Morgan fingerprint density at radius 2 is 1.30 bits per heavy atom. The molecular weight excluding hydrogens is 576 g/mol. The minimum absolute atomic E-state index is 0.185. The highest BCUT2D eigenvalue weighted by Gasteiger charge is 2.59. The fraction of sp³-hybridized carbons (Fsp3) is 0.625. The predicted octanol–water partition coefficient (Wildman–Crippen LogP) is 1.60. The van der Waals surface area contributed by atoms with Gasteiger partial charge in [-0.05, 0) is 38.8 Å². The third kappa shape index (κ3) is 8.02. The zero-order valence-corrected chi connectivity index (χ0v) is 25.4. The Hall–Kier alpha value is -2.04. The van der Waals surface area contributed by atoms with E-state index >= 15 is 0 Å². The van der Waals surface area contributed by atoms with Crippen LogP contribution in [0.5, 0.6) is 0 Å². The maximum Gasteiger partial charge on any atom is 0.190 e. The number of hydrogen-bond acceptors (Lipinski definition) is 12. The van der Waals surface area contributed by atoms with Gasteiger partial charge in [0.2, 0.25) is 0 Å². The summed E-state index contributed by atoms with van der Waals surface area (Å²) in [6, 6.07) is 19.3. The first kappa shape index (κ1) is 33.3. The van der Waals surface area contributed by atoms with Crippen molar-refractivity contribution in [3.8, 4) is 0 Å². The molecule has 244 valence electrons. The lowest BCUT2D eigenvalue weighted by molar-refractivity contribution is -0.296. The van der Waals surface area contributed by atoms with Gasteiger partial charge < -0.3 is 58.3 Å². The average molecular weight is 621 g/mol. The van der Waals surface area contributed by atoms with Crippen molar-refractivity contribution in [1.29, 1.82) is 0 Å². The Morgan fingerprint density at radius 1 is 0.705 bits per heavy atom. The van der Waals surface area contributed by atoms with Gasteiger partial charge in [0.1, 0.15) is 48.8 Å². The molecule has 0 aromatic heterocycles. The largest absolute Gasteiger partial charge is 0.394 e. The molecule has 12 heteroatoms. The van der Waals surface area contributed by atoms with Gasteiger partial charge >= 0.3 is 0 Å². The maximum atomic E-state index is 9.91. The first-order valence-corrected chi connectivity index (χ1v) is 14.9. The summed E-state index contributed by atoms with van der Waals surface area (Å²) >= 11 is 0. The number of rotatable bonds is 8. The third-order valence-electron chi connectivity index (χ3n) is 7.83. The number of hydrogen-bond donors (Lipinski definition) is 4. The molecule has 0 radical (unpaired) electrons. The van der Waals surface area contributed by atoms with Crippen LogP contribution < -0.4 is 0 Å². The fourth-order valence-electron chi connectivity index (χ4n) is 5.67. The first-order chi connectivity index (χ1) is 21.0. The van der Waals surface area contributed by atoms with Gasteiger partial charge in [-0.15, -0.1) is 0 Å². The van der Waals surface area contributed by atoms with Crippen LogP contribution in [0.3, 0.4) is 0 Å². The molecule has 4 aliphatic heterocycles. The summed E-state index contributed by atoms with van der Waals surface area (Å²) in [7, 11) is 0. The van der Waals surface area contributed by atoms with E-state index < -0.39 is 55.2 Å². The summed E-state index contributed by atoms with van der Waals surface area (Å²) in [4.78, 5) is 0. The van der Waals surface area contributed by atoms with Crippen LogP contribution >= 0.6 is 0 Å². The molecule has 4 aliphatic rings. The second kappa shape index (κ2) is 14.2. The van der Waals surface area contributed by atoms with Gasteiger partial charge in [-0.2, -0.15) is 0 Å². The zero-order valence-electron chi connectivity index (χ0n) is 25.4. The Kier molecular flexibility index (Phi) is 10.7. The summed E-state index contributed by atoms with van der Waals surface area (Å²) in [5.74, 6) is -1.29. The SMILES string of the molecule is CC1(C)OCC(C2OC3OC(C)(C)OC3C2OCc2ccccc2)O1.OCC1OC(O)C(O)C(OCc2ccccc2)C1O. The molecule has 0 spiro atoms. The summed E-state index contributed by atoms with van der Waals surface area (Å²) in [6.45, 7) is 8.24. The molecular formula is C32H44O12. The van der Waals surface area contributed by atoms with Crippen molar-refractivity contribution in [2.75, 3.05) is 13.2 Å². The smallest absolute Gasteiger partial charge is 0.190 e. The maximum absolute atomic E-state index is 9.91. The van der Waals surface area contributed by atoms with Crippen molar-refractivity contribution in [3.63, 3.8) is 0 Å². The van der Waals surface area contributed by atoms with Crippen LogP contribution in [0.4, 0.5) is 0 Å². The van der Waals surface area contributed by atoms with E-state index in [1.54, 1.807) is 0 Å². The van der Waals surface area contributed by atoms with Gasteiger partial charge in [0.25, 0.3) is 0 Å². The van der Waals surface area contributed by atoms with Crippen LogP contribution in [0.25, 0.3) is 0 Å². The highest BCUT2D eigenvalue weighted by Crippen LogP contribution is 2.42. The summed E-state index contributed by atoms with van der Waals surface area (Å²) in [5, 5.41) is 38.2. The standard InChI is InChI=1S/C19H26O6.C13H18O6/c1-18(2)21-11-13(23-18)14-15(20-10-12-8-6-5-7-9-12)16-17(22-14)25-19(3,4)24-16;14-6-9-10(15)12(11(16)13(17)19-9)18-7-8-4-2-1-3-5-8/h5-9,13-17H,10-11H2,1-4H3;1-5,9-17H,6-7H2. The van der Waals surface area contributed by atoms with Crippen molar-refractivity contribution in [2.24, 2.45) is 0 Å². The molecule has 2 aromatic rings. The summed E-state index contributed by atoms with van der Waals surface area (Å²) in [5.41, 5.74) is 1.98. The lowest BCUT2D eigenvalue weighted by atomic mass is 9.99. The fourth-order valence-corrected chi connectivity index (χ4v) is 5.67. The Labute approximate surface area is 257 Å². The molecule has 10 atom stereocenters.